The number of ether oxygens (including phenoxy) is 1. The smallest absolute Gasteiger partial charge is 0.263 e. The van der Waals surface area contributed by atoms with E-state index in [9.17, 15) is 14.7 Å². The van der Waals surface area contributed by atoms with Crippen LogP contribution in [-0.4, -0.2) is 39.8 Å². The van der Waals surface area contributed by atoms with E-state index in [4.69, 9.17) is 4.74 Å². The van der Waals surface area contributed by atoms with Crippen molar-refractivity contribution in [1.29, 1.82) is 0 Å². The highest BCUT2D eigenvalue weighted by molar-refractivity contribution is 7.13. The predicted octanol–water partition coefficient (Wildman–Crippen LogP) is 4.91. The molecular formula is C30H35N3O4S. The van der Waals surface area contributed by atoms with Gasteiger partial charge in [-0.05, 0) is 73.9 Å². The van der Waals surface area contributed by atoms with Gasteiger partial charge in [0.05, 0.1) is 30.9 Å². The summed E-state index contributed by atoms with van der Waals surface area (Å²) in [5, 5.41) is 14.5. The van der Waals surface area contributed by atoms with Crippen LogP contribution in [0.15, 0.2) is 42.5 Å². The number of aliphatic hydroxyl groups is 1. The molecule has 1 saturated carbocycles. The predicted molar refractivity (Wildman–Crippen MR) is 147 cm³/mol. The van der Waals surface area contributed by atoms with E-state index in [0.29, 0.717) is 28.0 Å². The number of carbonyl (C=O) groups excluding carboxylic acids is 2. The molecule has 8 heteroatoms. The van der Waals surface area contributed by atoms with Crippen molar-refractivity contribution in [3.63, 3.8) is 0 Å². The zero-order chi connectivity index (χ0) is 26.8. The first-order chi connectivity index (χ1) is 18.2. The lowest BCUT2D eigenvalue weighted by atomic mass is 9.96. The molecule has 1 amide bonds. The fourth-order valence-corrected chi connectivity index (χ4v) is 5.89. The first kappa shape index (κ1) is 26.5. The van der Waals surface area contributed by atoms with E-state index in [1.807, 2.05) is 31.2 Å². The summed E-state index contributed by atoms with van der Waals surface area (Å²) in [7, 11) is 0. The summed E-state index contributed by atoms with van der Waals surface area (Å²) in [4.78, 5) is 31.4. The van der Waals surface area contributed by atoms with Crippen LogP contribution in [0.2, 0.25) is 0 Å². The molecule has 0 saturated heterocycles. The molecule has 2 aromatic carbocycles. The van der Waals surface area contributed by atoms with E-state index in [2.05, 4.69) is 33.4 Å². The lowest BCUT2D eigenvalue weighted by molar-refractivity contribution is -0.116. The summed E-state index contributed by atoms with van der Waals surface area (Å²) < 4.78 is 5.90. The molecule has 1 aliphatic carbocycles. The van der Waals surface area contributed by atoms with Gasteiger partial charge in [0, 0.05) is 19.6 Å². The van der Waals surface area contributed by atoms with Crippen LogP contribution >= 0.6 is 11.3 Å². The molecule has 7 nitrogen and oxygen atoms in total. The second-order valence-electron chi connectivity index (χ2n) is 10.6. The highest BCUT2D eigenvalue weighted by atomic mass is 32.1. The van der Waals surface area contributed by atoms with Crippen LogP contribution in [0.25, 0.3) is 0 Å². The third kappa shape index (κ3) is 6.49. The standard InChI is InChI=1S/C30H35N3O4S/c1-18(34)12-28-31-20(3)29(38-28)30(36)32-19(2)23-8-6-21(7-9-23)14-33-15-24-10-11-25(37-17-22-4-5-22)13-26(24)27(35)16-33/h6-11,13,19,22,27,35H,4-5,12,14-17H2,1-3H3,(H,32,36)/t19-,27?/m0/s1. The molecule has 38 heavy (non-hydrogen) atoms. The number of nitrogens with one attached hydrogen (secondary N) is 1. The van der Waals surface area contributed by atoms with E-state index in [-0.39, 0.29) is 24.2 Å². The van der Waals surface area contributed by atoms with Crippen LogP contribution in [-0.2, 0) is 24.3 Å². The van der Waals surface area contributed by atoms with Crippen LogP contribution in [0.3, 0.4) is 0 Å². The molecule has 1 fully saturated rings. The van der Waals surface area contributed by atoms with Gasteiger partial charge in [0.15, 0.2) is 0 Å². The number of aryl methyl sites for hydroxylation is 1. The number of aromatic nitrogens is 1. The van der Waals surface area contributed by atoms with Crippen LogP contribution in [0.5, 0.6) is 5.75 Å². The molecular weight excluding hydrogens is 498 g/mol. The number of nitrogens with zero attached hydrogens (tertiary/aromatic N) is 2. The van der Waals surface area contributed by atoms with Gasteiger partial charge >= 0.3 is 0 Å². The number of hydrogen-bond donors (Lipinski definition) is 2. The number of amides is 1. The maximum Gasteiger partial charge on any atom is 0.263 e. The molecule has 2 aliphatic rings. The van der Waals surface area contributed by atoms with Gasteiger partial charge in [0.25, 0.3) is 5.91 Å². The van der Waals surface area contributed by atoms with Gasteiger partial charge < -0.3 is 15.2 Å². The van der Waals surface area contributed by atoms with Crippen molar-refractivity contribution in [2.75, 3.05) is 13.2 Å². The Morgan fingerprint density at radius 1 is 1.21 bits per heavy atom. The number of benzene rings is 2. The summed E-state index contributed by atoms with van der Waals surface area (Å²) >= 11 is 1.28. The van der Waals surface area contributed by atoms with Crippen LogP contribution in [0, 0.1) is 12.8 Å². The summed E-state index contributed by atoms with van der Waals surface area (Å²) in [6.45, 7) is 8.14. The second kappa shape index (κ2) is 11.4. The highest BCUT2D eigenvalue weighted by Gasteiger charge is 2.26. The van der Waals surface area contributed by atoms with Gasteiger partial charge in [-0.2, -0.15) is 0 Å². The van der Waals surface area contributed by atoms with Gasteiger partial charge in [-0.3, -0.25) is 14.5 Å². The normalized spacial score (nSPS) is 18.1. The van der Waals surface area contributed by atoms with Crippen LogP contribution < -0.4 is 10.1 Å². The molecule has 1 aromatic heterocycles. The van der Waals surface area contributed by atoms with Crippen LogP contribution in [0.1, 0.15) is 81.5 Å². The van der Waals surface area contributed by atoms with E-state index in [1.165, 1.54) is 31.1 Å². The molecule has 1 aliphatic heterocycles. The van der Waals surface area contributed by atoms with Crippen molar-refractivity contribution in [3.8, 4) is 5.75 Å². The Morgan fingerprint density at radius 3 is 2.68 bits per heavy atom. The van der Waals surface area contributed by atoms with Crippen LogP contribution in [0.4, 0.5) is 0 Å². The van der Waals surface area contributed by atoms with Gasteiger partial charge in [0.1, 0.15) is 21.4 Å². The molecule has 200 valence electrons. The molecule has 0 spiro atoms. The van der Waals surface area contributed by atoms with Gasteiger partial charge in [-0.1, -0.05) is 30.3 Å². The summed E-state index contributed by atoms with van der Waals surface area (Å²) in [5.41, 5.74) is 4.92. The van der Waals surface area contributed by atoms with E-state index >= 15 is 0 Å². The first-order valence-corrected chi connectivity index (χ1v) is 14.1. The SMILES string of the molecule is CC(=O)Cc1nc(C)c(C(=O)N[C@@H](C)c2ccc(CN3Cc4ccc(OCC5CC5)cc4C(O)C3)cc2)s1. The Kier molecular flexibility index (Phi) is 7.93. The average molecular weight is 534 g/mol. The molecule has 2 atom stereocenters. The maximum absolute atomic E-state index is 12.8. The Morgan fingerprint density at radius 2 is 1.97 bits per heavy atom. The van der Waals surface area contributed by atoms with Crippen molar-refractivity contribution < 1.29 is 19.4 Å². The van der Waals surface area contributed by atoms with Gasteiger partial charge in [-0.15, -0.1) is 11.3 Å². The number of carbonyl (C=O) groups is 2. The van der Waals surface area contributed by atoms with Crippen molar-refractivity contribution in [2.24, 2.45) is 5.92 Å². The monoisotopic (exact) mass is 533 g/mol. The Bertz CT molecular complexity index is 1320. The third-order valence-corrected chi connectivity index (χ3v) is 8.32. The summed E-state index contributed by atoms with van der Waals surface area (Å²) in [6.07, 6.45) is 2.23. The molecule has 5 rings (SSSR count). The lowest BCUT2D eigenvalue weighted by Gasteiger charge is -2.32. The zero-order valence-corrected chi connectivity index (χ0v) is 23.0. The summed E-state index contributed by atoms with van der Waals surface area (Å²) in [6, 6.07) is 14.2. The molecule has 0 radical (unpaired) electrons. The van der Waals surface area contributed by atoms with E-state index in [1.54, 1.807) is 6.92 Å². The minimum absolute atomic E-state index is 0.0327. The van der Waals surface area contributed by atoms with E-state index in [0.717, 1.165) is 47.7 Å². The lowest BCUT2D eigenvalue weighted by Crippen LogP contribution is -2.33. The molecule has 0 bridgehead atoms. The van der Waals surface area contributed by atoms with Gasteiger partial charge in [0.2, 0.25) is 0 Å². The number of aliphatic hydroxyl groups excluding tert-OH is 1. The quantitative estimate of drug-likeness (QED) is 0.385. The number of β-amino-alcohol motifs (C(OH)–C–C–N with tert-alkyl or cyclic N) is 1. The highest BCUT2D eigenvalue weighted by Crippen LogP contribution is 2.33. The Hall–Kier alpha value is -3.07. The largest absolute Gasteiger partial charge is 0.493 e. The molecule has 2 N–H and O–H groups in total. The Labute approximate surface area is 227 Å². The third-order valence-electron chi connectivity index (χ3n) is 7.16. The van der Waals surface area contributed by atoms with Crippen molar-refractivity contribution in [1.82, 2.24) is 15.2 Å². The second-order valence-corrected chi connectivity index (χ2v) is 11.7. The van der Waals surface area contributed by atoms with Crippen molar-refractivity contribution in [2.45, 2.75) is 65.3 Å². The minimum atomic E-state index is -0.538. The zero-order valence-electron chi connectivity index (χ0n) is 22.2. The molecule has 1 unspecified atom stereocenters. The fraction of sp³-hybridized carbons (Fsp3) is 0.433. The van der Waals surface area contributed by atoms with Crippen molar-refractivity contribution >= 4 is 23.0 Å². The number of Topliss-reactive ketones (excluding diaryl/α,β-unsaturated/α-hetero) is 1. The van der Waals surface area contributed by atoms with E-state index < -0.39 is 6.10 Å². The van der Waals surface area contributed by atoms with Crippen molar-refractivity contribution in [3.05, 3.63) is 80.3 Å². The van der Waals surface area contributed by atoms with Gasteiger partial charge in [-0.25, -0.2) is 4.98 Å². The number of thiazole rings is 1. The Balaban J connectivity index is 1.16. The fourth-order valence-electron chi connectivity index (χ4n) is 4.85. The number of hydrogen-bond acceptors (Lipinski definition) is 7. The number of ketones is 1. The minimum Gasteiger partial charge on any atom is -0.493 e. The molecule has 2 heterocycles. The first-order valence-electron chi connectivity index (χ1n) is 13.3. The number of fused-ring (bicyclic) bond motifs is 1. The maximum atomic E-state index is 12.8. The summed E-state index contributed by atoms with van der Waals surface area (Å²) in [5.74, 6) is 1.41. The number of rotatable bonds is 10. The molecule has 3 aromatic rings. The average Bonchev–Trinajstić information content (AvgIpc) is 3.64. The topological polar surface area (TPSA) is 91.8 Å².